The molecule has 1 heterocycles. The largest absolute Gasteiger partial charge is 0.397 e. The fourth-order valence-electron chi connectivity index (χ4n) is 1.20. The molecule has 0 saturated carbocycles. The summed E-state index contributed by atoms with van der Waals surface area (Å²) >= 11 is 0. The molecular formula is C10H10N2. The van der Waals surface area contributed by atoms with Crippen molar-refractivity contribution in [2.45, 2.75) is 0 Å². The first-order chi connectivity index (χ1) is 5.86. The molecule has 2 nitrogen and oxygen atoms in total. The van der Waals surface area contributed by atoms with Gasteiger partial charge in [0.2, 0.25) is 0 Å². The lowest BCUT2D eigenvalue weighted by molar-refractivity contribution is 1.40. The van der Waals surface area contributed by atoms with Gasteiger partial charge in [0.05, 0.1) is 0 Å². The van der Waals surface area contributed by atoms with Crippen molar-refractivity contribution in [1.29, 1.82) is 0 Å². The highest BCUT2D eigenvalue weighted by Gasteiger charge is 1.96. The molecule has 0 amide bonds. The quantitative estimate of drug-likeness (QED) is 0.656. The summed E-state index contributed by atoms with van der Waals surface area (Å²) in [4.78, 5) is 3.10. The van der Waals surface area contributed by atoms with Crippen LogP contribution >= 0.6 is 0 Å². The van der Waals surface area contributed by atoms with E-state index in [0.717, 1.165) is 16.9 Å². The first kappa shape index (κ1) is 6.98. The number of benzene rings is 1. The van der Waals surface area contributed by atoms with Crippen molar-refractivity contribution in [3.05, 3.63) is 42.6 Å². The minimum absolute atomic E-state index is 0.772. The Balaban J connectivity index is 2.45. The lowest BCUT2D eigenvalue weighted by Crippen LogP contribution is -1.76. The molecule has 12 heavy (non-hydrogen) atoms. The van der Waals surface area contributed by atoms with E-state index in [9.17, 15) is 0 Å². The number of hydrogen-bond donors (Lipinski definition) is 2. The molecule has 1 aromatic carbocycles. The molecule has 0 saturated heterocycles. The van der Waals surface area contributed by atoms with Gasteiger partial charge in [-0.3, -0.25) is 0 Å². The minimum Gasteiger partial charge on any atom is -0.397 e. The Bertz CT molecular complexity index is 362. The van der Waals surface area contributed by atoms with Crippen LogP contribution < -0.4 is 5.73 Å². The molecule has 60 valence electrons. The topological polar surface area (TPSA) is 41.8 Å². The van der Waals surface area contributed by atoms with E-state index in [1.807, 2.05) is 36.4 Å². The second-order valence-electron chi connectivity index (χ2n) is 2.71. The third-order valence-corrected chi connectivity index (χ3v) is 1.79. The summed E-state index contributed by atoms with van der Waals surface area (Å²) in [6, 6.07) is 12.0. The molecule has 0 fully saturated rings. The number of aromatic amines is 1. The van der Waals surface area contributed by atoms with Crippen molar-refractivity contribution in [2.75, 3.05) is 5.73 Å². The average molecular weight is 158 g/mol. The van der Waals surface area contributed by atoms with Crippen LogP contribution in [-0.4, -0.2) is 4.98 Å². The number of nitrogens with two attached hydrogens (primary N) is 1. The van der Waals surface area contributed by atoms with Gasteiger partial charge in [0.15, 0.2) is 0 Å². The summed E-state index contributed by atoms with van der Waals surface area (Å²) in [5.41, 5.74) is 8.58. The molecule has 0 aliphatic carbocycles. The first-order valence-electron chi connectivity index (χ1n) is 3.85. The molecule has 0 spiro atoms. The molecule has 3 N–H and O–H groups in total. The van der Waals surface area contributed by atoms with Crippen molar-refractivity contribution in [1.82, 2.24) is 4.98 Å². The number of hydrogen-bond acceptors (Lipinski definition) is 1. The minimum atomic E-state index is 0.772. The van der Waals surface area contributed by atoms with Crippen LogP contribution in [0.1, 0.15) is 0 Å². The Morgan fingerprint density at radius 2 is 1.83 bits per heavy atom. The Kier molecular flexibility index (Phi) is 1.59. The summed E-state index contributed by atoms with van der Waals surface area (Å²) in [6.07, 6.45) is 1.79. The molecule has 2 aromatic rings. The monoisotopic (exact) mass is 158 g/mol. The van der Waals surface area contributed by atoms with Gasteiger partial charge in [-0.1, -0.05) is 30.3 Å². The highest BCUT2D eigenvalue weighted by Crippen LogP contribution is 2.18. The van der Waals surface area contributed by atoms with Crippen LogP contribution in [0.3, 0.4) is 0 Å². The van der Waals surface area contributed by atoms with Gasteiger partial charge in [0.1, 0.15) is 0 Å². The maximum absolute atomic E-state index is 5.58. The van der Waals surface area contributed by atoms with Crippen LogP contribution in [0.2, 0.25) is 0 Å². The highest BCUT2D eigenvalue weighted by molar-refractivity contribution is 5.63. The molecule has 0 aliphatic rings. The summed E-state index contributed by atoms with van der Waals surface area (Å²) in [7, 11) is 0. The van der Waals surface area contributed by atoms with E-state index >= 15 is 0 Å². The molecule has 0 unspecified atom stereocenters. The Hall–Kier alpha value is -1.70. The van der Waals surface area contributed by atoms with Crippen LogP contribution in [0.25, 0.3) is 11.3 Å². The third-order valence-electron chi connectivity index (χ3n) is 1.79. The summed E-state index contributed by atoms with van der Waals surface area (Å²) in [5.74, 6) is 0. The Morgan fingerprint density at radius 3 is 2.42 bits per heavy atom. The number of aromatic nitrogens is 1. The lowest BCUT2D eigenvalue weighted by atomic mass is 10.2. The standard InChI is InChI=1S/C10H10N2/c11-9-6-10(12-7-9)8-4-2-1-3-5-8/h1-7,12H,11H2. The van der Waals surface area contributed by atoms with Crippen molar-refractivity contribution in [3.63, 3.8) is 0 Å². The van der Waals surface area contributed by atoms with Gasteiger partial charge in [-0.05, 0) is 11.6 Å². The molecule has 0 radical (unpaired) electrons. The number of nitrogens with one attached hydrogen (secondary N) is 1. The first-order valence-corrected chi connectivity index (χ1v) is 3.85. The van der Waals surface area contributed by atoms with Gasteiger partial charge in [0, 0.05) is 17.6 Å². The highest BCUT2D eigenvalue weighted by atomic mass is 14.7. The normalized spacial score (nSPS) is 10.0. The van der Waals surface area contributed by atoms with E-state index < -0.39 is 0 Å². The Morgan fingerprint density at radius 1 is 1.08 bits per heavy atom. The van der Waals surface area contributed by atoms with Crippen LogP contribution in [0.4, 0.5) is 5.69 Å². The van der Waals surface area contributed by atoms with Crippen molar-refractivity contribution >= 4 is 5.69 Å². The van der Waals surface area contributed by atoms with E-state index in [1.165, 1.54) is 0 Å². The SMILES string of the molecule is Nc1c[nH]c(-c2ccccc2)c1. The lowest BCUT2D eigenvalue weighted by Gasteiger charge is -1.94. The van der Waals surface area contributed by atoms with E-state index in [4.69, 9.17) is 5.73 Å². The molecule has 0 bridgehead atoms. The maximum Gasteiger partial charge on any atom is 0.0498 e. The predicted molar refractivity (Wildman–Crippen MR) is 50.6 cm³/mol. The average Bonchev–Trinajstić information content (AvgIpc) is 2.54. The zero-order valence-electron chi connectivity index (χ0n) is 6.62. The number of H-pyrrole nitrogens is 1. The zero-order chi connectivity index (χ0) is 8.39. The smallest absolute Gasteiger partial charge is 0.0498 e. The van der Waals surface area contributed by atoms with Crippen LogP contribution in [-0.2, 0) is 0 Å². The summed E-state index contributed by atoms with van der Waals surface area (Å²) in [5, 5.41) is 0. The summed E-state index contributed by atoms with van der Waals surface area (Å²) < 4.78 is 0. The fraction of sp³-hybridized carbons (Fsp3) is 0. The van der Waals surface area contributed by atoms with Crippen LogP contribution in [0.15, 0.2) is 42.6 Å². The fourth-order valence-corrected chi connectivity index (χ4v) is 1.20. The predicted octanol–water partition coefficient (Wildman–Crippen LogP) is 2.26. The molecule has 2 heteroatoms. The number of rotatable bonds is 1. The van der Waals surface area contributed by atoms with Gasteiger partial charge >= 0.3 is 0 Å². The van der Waals surface area contributed by atoms with E-state index in [2.05, 4.69) is 4.98 Å². The molecular weight excluding hydrogens is 148 g/mol. The second-order valence-corrected chi connectivity index (χ2v) is 2.71. The number of nitrogen functional groups attached to an aromatic ring is 1. The van der Waals surface area contributed by atoms with Crippen molar-refractivity contribution < 1.29 is 0 Å². The Labute approximate surface area is 71.0 Å². The van der Waals surface area contributed by atoms with Gasteiger partial charge < -0.3 is 10.7 Å². The van der Waals surface area contributed by atoms with E-state index in [0.29, 0.717) is 0 Å². The maximum atomic E-state index is 5.58. The molecule has 1 aromatic heterocycles. The van der Waals surface area contributed by atoms with E-state index in [1.54, 1.807) is 6.20 Å². The summed E-state index contributed by atoms with van der Waals surface area (Å²) in [6.45, 7) is 0. The molecule has 0 atom stereocenters. The van der Waals surface area contributed by atoms with Crippen LogP contribution in [0.5, 0.6) is 0 Å². The second kappa shape index (κ2) is 2.74. The number of anilines is 1. The van der Waals surface area contributed by atoms with Gasteiger partial charge in [-0.15, -0.1) is 0 Å². The van der Waals surface area contributed by atoms with E-state index in [-0.39, 0.29) is 0 Å². The third kappa shape index (κ3) is 1.19. The molecule has 0 aliphatic heterocycles. The van der Waals surface area contributed by atoms with Crippen molar-refractivity contribution in [3.8, 4) is 11.3 Å². The van der Waals surface area contributed by atoms with Crippen LogP contribution in [0, 0.1) is 0 Å². The van der Waals surface area contributed by atoms with Gasteiger partial charge in [-0.25, -0.2) is 0 Å². The van der Waals surface area contributed by atoms with Gasteiger partial charge in [-0.2, -0.15) is 0 Å². The van der Waals surface area contributed by atoms with Crippen molar-refractivity contribution in [2.24, 2.45) is 0 Å². The van der Waals surface area contributed by atoms with Gasteiger partial charge in [0.25, 0.3) is 0 Å². The molecule has 2 rings (SSSR count). The zero-order valence-corrected chi connectivity index (χ0v) is 6.62.